The first-order valence-corrected chi connectivity index (χ1v) is 6.44. The lowest BCUT2D eigenvalue weighted by Gasteiger charge is -2.26. The second-order valence-electron chi connectivity index (χ2n) is 5.97. The van der Waals surface area contributed by atoms with E-state index < -0.39 is 0 Å². The summed E-state index contributed by atoms with van der Waals surface area (Å²) in [5, 5.41) is 5.48. The fourth-order valence-corrected chi connectivity index (χ4v) is 1.17. The van der Waals surface area contributed by atoms with Crippen molar-refractivity contribution in [2.45, 2.75) is 47.1 Å². The molecule has 2 amide bonds. The van der Waals surface area contributed by atoms with Crippen LogP contribution in [0.15, 0.2) is 0 Å². The van der Waals surface area contributed by atoms with E-state index in [1.165, 1.54) is 0 Å². The highest BCUT2D eigenvalue weighted by molar-refractivity contribution is 5.78. The van der Waals surface area contributed by atoms with Crippen molar-refractivity contribution in [3.05, 3.63) is 0 Å². The SMILES string of the molecule is CC(C)C(=O)NCCNC(=O)CC(N)C(C)(C)C. The molecule has 0 saturated carbocycles. The van der Waals surface area contributed by atoms with Crippen LogP contribution in [0.25, 0.3) is 0 Å². The summed E-state index contributed by atoms with van der Waals surface area (Å²) in [7, 11) is 0. The van der Waals surface area contributed by atoms with Gasteiger partial charge >= 0.3 is 0 Å². The first kappa shape index (κ1) is 16.9. The van der Waals surface area contributed by atoms with Crippen LogP contribution in [0.5, 0.6) is 0 Å². The molecule has 0 aromatic carbocycles. The highest BCUT2D eigenvalue weighted by atomic mass is 16.2. The first-order valence-electron chi connectivity index (χ1n) is 6.44. The molecule has 0 radical (unpaired) electrons. The molecule has 0 saturated heterocycles. The highest BCUT2D eigenvalue weighted by Gasteiger charge is 2.22. The van der Waals surface area contributed by atoms with Gasteiger partial charge in [0.05, 0.1) is 0 Å². The van der Waals surface area contributed by atoms with Crippen LogP contribution in [0, 0.1) is 11.3 Å². The Hall–Kier alpha value is -1.10. The molecule has 0 bridgehead atoms. The van der Waals surface area contributed by atoms with Crippen LogP contribution < -0.4 is 16.4 Å². The fourth-order valence-electron chi connectivity index (χ4n) is 1.17. The molecule has 0 heterocycles. The smallest absolute Gasteiger partial charge is 0.222 e. The second kappa shape index (κ2) is 7.36. The Morgan fingerprint density at radius 1 is 1.11 bits per heavy atom. The molecule has 0 aliphatic heterocycles. The monoisotopic (exact) mass is 257 g/mol. The van der Waals surface area contributed by atoms with Gasteiger partial charge in [-0.3, -0.25) is 9.59 Å². The number of nitrogens with one attached hydrogen (secondary N) is 2. The molecule has 1 atom stereocenters. The summed E-state index contributed by atoms with van der Waals surface area (Å²) in [4.78, 5) is 22.8. The Labute approximate surface area is 110 Å². The van der Waals surface area contributed by atoms with Gasteiger partial charge in [0, 0.05) is 31.5 Å². The van der Waals surface area contributed by atoms with Crippen LogP contribution in [-0.2, 0) is 9.59 Å². The van der Waals surface area contributed by atoms with Crippen LogP contribution in [0.1, 0.15) is 41.0 Å². The summed E-state index contributed by atoms with van der Waals surface area (Å²) in [6, 6.07) is -0.164. The van der Waals surface area contributed by atoms with Crippen LogP contribution in [-0.4, -0.2) is 30.9 Å². The maximum atomic E-state index is 11.6. The summed E-state index contributed by atoms with van der Waals surface area (Å²) in [6.07, 6.45) is 0.307. The molecule has 0 aliphatic rings. The molecule has 0 spiro atoms. The zero-order valence-corrected chi connectivity index (χ0v) is 12.2. The van der Waals surface area contributed by atoms with E-state index in [4.69, 9.17) is 5.73 Å². The summed E-state index contributed by atoms with van der Waals surface area (Å²) >= 11 is 0. The minimum atomic E-state index is -0.164. The van der Waals surface area contributed by atoms with Gasteiger partial charge in [0.1, 0.15) is 0 Å². The highest BCUT2D eigenvalue weighted by Crippen LogP contribution is 2.19. The maximum Gasteiger partial charge on any atom is 0.222 e. The molecule has 5 nitrogen and oxygen atoms in total. The third-order valence-electron chi connectivity index (χ3n) is 2.79. The van der Waals surface area contributed by atoms with E-state index >= 15 is 0 Å². The maximum absolute atomic E-state index is 11.6. The van der Waals surface area contributed by atoms with Gasteiger partial charge in [-0.1, -0.05) is 34.6 Å². The molecule has 106 valence electrons. The third kappa shape index (κ3) is 7.27. The van der Waals surface area contributed by atoms with E-state index in [1.54, 1.807) is 0 Å². The standard InChI is InChI=1S/C13H27N3O2/c1-9(2)12(18)16-7-6-15-11(17)8-10(14)13(3,4)5/h9-10H,6-8,14H2,1-5H3,(H,15,17)(H,16,18). The number of rotatable bonds is 6. The lowest BCUT2D eigenvalue weighted by atomic mass is 9.85. The number of carbonyl (C=O) groups excluding carboxylic acids is 2. The zero-order chi connectivity index (χ0) is 14.3. The van der Waals surface area contributed by atoms with Crippen molar-refractivity contribution in [1.29, 1.82) is 0 Å². The Bertz CT molecular complexity index is 282. The number of hydrogen-bond acceptors (Lipinski definition) is 3. The Balaban J connectivity index is 3.76. The van der Waals surface area contributed by atoms with Crippen molar-refractivity contribution in [3.63, 3.8) is 0 Å². The van der Waals surface area contributed by atoms with Crippen LogP contribution in [0.4, 0.5) is 0 Å². The summed E-state index contributed by atoms with van der Waals surface area (Å²) in [6.45, 7) is 10.6. The van der Waals surface area contributed by atoms with Gasteiger partial charge in [0.2, 0.25) is 11.8 Å². The zero-order valence-electron chi connectivity index (χ0n) is 12.2. The van der Waals surface area contributed by atoms with Gasteiger partial charge in [-0.25, -0.2) is 0 Å². The van der Waals surface area contributed by atoms with Crippen molar-refractivity contribution < 1.29 is 9.59 Å². The van der Waals surface area contributed by atoms with Gasteiger partial charge in [-0.05, 0) is 5.41 Å². The summed E-state index contributed by atoms with van der Waals surface area (Å²) < 4.78 is 0. The van der Waals surface area contributed by atoms with E-state index in [1.807, 2.05) is 34.6 Å². The number of nitrogens with two attached hydrogens (primary N) is 1. The van der Waals surface area contributed by atoms with E-state index in [9.17, 15) is 9.59 Å². The van der Waals surface area contributed by atoms with Crippen LogP contribution in [0.3, 0.4) is 0 Å². The lowest BCUT2D eigenvalue weighted by Crippen LogP contribution is -2.42. The molecule has 0 rings (SSSR count). The van der Waals surface area contributed by atoms with Gasteiger partial charge in [0.15, 0.2) is 0 Å². The van der Waals surface area contributed by atoms with E-state index in [2.05, 4.69) is 10.6 Å². The normalized spacial score (nSPS) is 13.3. The number of carbonyl (C=O) groups is 2. The average Bonchev–Trinajstić information content (AvgIpc) is 2.22. The predicted molar refractivity (Wildman–Crippen MR) is 72.9 cm³/mol. The fraction of sp³-hybridized carbons (Fsp3) is 0.846. The first-order chi connectivity index (χ1) is 8.14. The molecule has 0 aliphatic carbocycles. The molecule has 5 heteroatoms. The van der Waals surface area contributed by atoms with Gasteiger partial charge < -0.3 is 16.4 Å². The third-order valence-corrected chi connectivity index (χ3v) is 2.79. The molecule has 0 aromatic rings. The van der Waals surface area contributed by atoms with E-state index in [-0.39, 0.29) is 29.2 Å². The molecule has 1 unspecified atom stereocenters. The largest absolute Gasteiger partial charge is 0.354 e. The second-order valence-corrected chi connectivity index (χ2v) is 5.97. The number of hydrogen-bond donors (Lipinski definition) is 3. The Morgan fingerprint density at radius 2 is 1.61 bits per heavy atom. The van der Waals surface area contributed by atoms with Crippen molar-refractivity contribution in [2.75, 3.05) is 13.1 Å². The Morgan fingerprint density at radius 3 is 2.06 bits per heavy atom. The topological polar surface area (TPSA) is 84.2 Å². The number of amides is 2. The molecule has 4 N–H and O–H groups in total. The van der Waals surface area contributed by atoms with Gasteiger partial charge in [0.25, 0.3) is 0 Å². The average molecular weight is 257 g/mol. The van der Waals surface area contributed by atoms with Crippen LogP contribution >= 0.6 is 0 Å². The molecule has 18 heavy (non-hydrogen) atoms. The molecule has 0 fully saturated rings. The van der Waals surface area contributed by atoms with Crippen LogP contribution in [0.2, 0.25) is 0 Å². The van der Waals surface area contributed by atoms with Gasteiger partial charge in [-0.15, -0.1) is 0 Å². The summed E-state index contributed by atoms with van der Waals surface area (Å²) in [5.74, 6) is -0.109. The van der Waals surface area contributed by atoms with E-state index in [0.29, 0.717) is 19.5 Å². The molecular formula is C13H27N3O2. The van der Waals surface area contributed by atoms with Gasteiger partial charge in [-0.2, -0.15) is 0 Å². The molecular weight excluding hydrogens is 230 g/mol. The Kier molecular flexibility index (Phi) is 6.91. The predicted octanol–water partition coefficient (Wildman–Crippen LogP) is 0.638. The van der Waals surface area contributed by atoms with Crippen molar-refractivity contribution in [2.24, 2.45) is 17.1 Å². The minimum Gasteiger partial charge on any atom is -0.354 e. The minimum absolute atomic E-state index is 0.00404. The summed E-state index contributed by atoms with van der Waals surface area (Å²) in [5.41, 5.74) is 5.83. The van der Waals surface area contributed by atoms with Crippen molar-refractivity contribution >= 4 is 11.8 Å². The van der Waals surface area contributed by atoms with E-state index in [0.717, 1.165) is 0 Å². The quantitative estimate of drug-likeness (QED) is 0.610. The van der Waals surface area contributed by atoms with Crippen molar-refractivity contribution in [1.82, 2.24) is 10.6 Å². The van der Waals surface area contributed by atoms with Crippen molar-refractivity contribution in [3.8, 4) is 0 Å². The molecule has 0 aromatic heterocycles. The lowest BCUT2D eigenvalue weighted by molar-refractivity contribution is -0.125.